The summed E-state index contributed by atoms with van der Waals surface area (Å²) in [6, 6.07) is 17.4. The van der Waals surface area contributed by atoms with E-state index in [0.717, 1.165) is 58.0 Å². The van der Waals surface area contributed by atoms with Crippen molar-refractivity contribution in [3.05, 3.63) is 95.9 Å². The van der Waals surface area contributed by atoms with Crippen LogP contribution in [-0.2, 0) is 4.65 Å². The number of nitrogens with zero attached hydrogens (tertiary/aromatic N) is 1. The van der Waals surface area contributed by atoms with Crippen LogP contribution in [0.5, 0.6) is 5.75 Å². The van der Waals surface area contributed by atoms with Crippen molar-refractivity contribution in [1.29, 1.82) is 0 Å². The molecule has 2 aromatic carbocycles. The monoisotopic (exact) mass is 439 g/mol. The summed E-state index contributed by atoms with van der Waals surface area (Å²) in [6.07, 6.45) is 9.70. The first kappa shape index (κ1) is 23.0. The van der Waals surface area contributed by atoms with Crippen LogP contribution in [0.3, 0.4) is 0 Å². The summed E-state index contributed by atoms with van der Waals surface area (Å²) in [6.45, 7) is 6.40. The van der Waals surface area contributed by atoms with Crippen molar-refractivity contribution in [2.45, 2.75) is 45.0 Å². The van der Waals surface area contributed by atoms with Crippen LogP contribution < -0.4 is 0 Å². The highest BCUT2D eigenvalue weighted by molar-refractivity contribution is 6.43. The van der Waals surface area contributed by atoms with Crippen molar-refractivity contribution in [2.24, 2.45) is 0 Å². The molecule has 0 aliphatic carbocycles. The van der Waals surface area contributed by atoms with Crippen molar-refractivity contribution in [1.82, 2.24) is 4.98 Å². The molecule has 4 rings (SSSR count). The number of benzene rings is 2. The first-order valence-corrected chi connectivity index (χ1v) is 11.6. The van der Waals surface area contributed by atoms with Gasteiger partial charge in [-0.1, -0.05) is 62.4 Å². The van der Waals surface area contributed by atoms with Crippen molar-refractivity contribution >= 4 is 29.5 Å². The summed E-state index contributed by atoms with van der Waals surface area (Å²) in [7, 11) is -0.781. The van der Waals surface area contributed by atoms with Crippen molar-refractivity contribution in [3.63, 3.8) is 0 Å². The molecule has 0 saturated carbocycles. The first-order valence-electron chi connectivity index (χ1n) is 11.6. The second-order valence-corrected chi connectivity index (χ2v) is 8.47. The van der Waals surface area contributed by atoms with E-state index in [-0.39, 0.29) is 11.9 Å². The Morgan fingerprint density at radius 2 is 1.91 bits per heavy atom. The van der Waals surface area contributed by atoms with E-state index in [2.05, 4.69) is 30.6 Å². The molecule has 0 spiro atoms. The standard InChI is InChI=1S/C28H30BNO3/c1-3-8-20(2)23-16-17-29(32)33-28(23)15-13-22(26-11-6-7-18-30-26)19-21-12-14-27(31)25-10-5-4-9-24(21)25/h4-7,9-12,14,16,18-19,28,31-32H,2-3,8,13,15,17H2,1H3/b22-19-. The molecule has 0 amide bonds. The van der Waals surface area contributed by atoms with E-state index >= 15 is 0 Å². The molecule has 0 radical (unpaired) electrons. The maximum Gasteiger partial charge on any atom is 0.458 e. The lowest BCUT2D eigenvalue weighted by atomic mass is 9.77. The second-order valence-electron chi connectivity index (χ2n) is 8.47. The van der Waals surface area contributed by atoms with Crippen LogP contribution in [0.15, 0.2) is 84.6 Å². The third kappa shape index (κ3) is 5.44. The molecule has 1 atom stereocenters. The number of allylic oxidation sites excluding steroid dienone is 2. The fourth-order valence-corrected chi connectivity index (χ4v) is 4.45. The maximum atomic E-state index is 10.3. The second kappa shape index (κ2) is 10.6. The van der Waals surface area contributed by atoms with Gasteiger partial charge in [-0.2, -0.15) is 0 Å². The van der Waals surface area contributed by atoms with Crippen molar-refractivity contribution < 1.29 is 14.8 Å². The lowest BCUT2D eigenvalue weighted by Gasteiger charge is -2.28. The zero-order valence-corrected chi connectivity index (χ0v) is 19.1. The Kier molecular flexibility index (Phi) is 7.43. The summed E-state index contributed by atoms with van der Waals surface area (Å²) in [5, 5.41) is 22.2. The molecule has 1 aliphatic heterocycles. The van der Waals surface area contributed by atoms with Crippen LogP contribution in [0.1, 0.15) is 43.9 Å². The van der Waals surface area contributed by atoms with Crippen LogP contribution >= 0.6 is 0 Å². The van der Waals surface area contributed by atoms with Gasteiger partial charge in [0.15, 0.2) is 0 Å². The lowest BCUT2D eigenvalue weighted by Crippen LogP contribution is -2.31. The average Bonchev–Trinajstić information content (AvgIpc) is 2.84. The van der Waals surface area contributed by atoms with Gasteiger partial charge in [-0.05, 0) is 71.2 Å². The molecule has 0 saturated heterocycles. The summed E-state index contributed by atoms with van der Waals surface area (Å²) < 4.78 is 5.93. The van der Waals surface area contributed by atoms with Gasteiger partial charge in [0.2, 0.25) is 0 Å². The topological polar surface area (TPSA) is 62.6 Å². The molecule has 1 aromatic heterocycles. The Balaban J connectivity index is 1.67. The van der Waals surface area contributed by atoms with Crippen LogP contribution in [0.2, 0.25) is 6.32 Å². The molecule has 1 unspecified atom stereocenters. The van der Waals surface area contributed by atoms with E-state index < -0.39 is 7.12 Å². The van der Waals surface area contributed by atoms with Gasteiger partial charge in [-0.25, -0.2) is 0 Å². The molecule has 33 heavy (non-hydrogen) atoms. The van der Waals surface area contributed by atoms with Crippen LogP contribution in [0.4, 0.5) is 0 Å². The maximum absolute atomic E-state index is 10.3. The van der Waals surface area contributed by atoms with Gasteiger partial charge in [0.25, 0.3) is 0 Å². The highest BCUT2D eigenvalue weighted by Gasteiger charge is 2.28. The molecule has 2 N–H and O–H groups in total. The molecule has 5 heteroatoms. The smallest absolute Gasteiger partial charge is 0.458 e. The summed E-state index contributed by atoms with van der Waals surface area (Å²) in [5.74, 6) is 0.274. The normalized spacial score (nSPS) is 16.7. The molecule has 168 valence electrons. The Labute approximate surface area is 196 Å². The van der Waals surface area contributed by atoms with Crippen molar-refractivity contribution in [2.75, 3.05) is 0 Å². The Morgan fingerprint density at radius 3 is 2.67 bits per heavy atom. The van der Waals surface area contributed by atoms with Gasteiger partial charge >= 0.3 is 7.12 Å². The molecule has 4 nitrogen and oxygen atoms in total. The number of rotatable bonds is 8. The minimum absolute atomic E-state index is 0.198. The largest absolute Gasteiger partial charge is 0.507 e. The van der Waals surface area contributed by atoms with E-state index in [4.69, 9.17) is 4.65 Å². The van der Waals surface area contributed by atoms with Gasteiger partial charge in [-0.3, -0.25) is 4.98 Å². The third-order valence-electron chi connectivity index (χ3n) is 6.10. The van der Waals surface area contributed by atoms with Crippen molar-refractivity contribution in [3.8, 4) is 5.75 Å². The van der Waals surface area contributed by atoms with Gasteiger partial charge in [0.05, 0.1) is 11.8 Å². The Bertz CT molecular complexity index is 1190. The van der Waals surface area contributed by atoms with E-state index in [1.165, 1.54) is 0 Å². The van der Waals surface area contributed by atoms with Gasteiger partial charge in [0.1, 0.15) is 5.75 Å². The molecule has 0 bridgehead atoms. The zero-order chi connectivity index (χ0) is 23.2. The fourth-order valence-electron chi connectivity index (χ4n) is 4.45. The number of hydrogen-bond acceptors (Lipinski definition) is 4. The van der Waals surface area contributed by atoms with Gasteiger partial charge < -0.3 is 14.8 Å². The van der Waals surface area contributed by atoms with E-state index in [1.807, 2.05) is 48.5 Å². The SMILES string of the molecule is C=C(CCC)C1=CCB(O)OC1CC/C(=C/c1ccc(O)c2ccccc12)c1ccccn1. The minimum atomic E-state index is -0.781. The number of fused-ring (bicyclic) bond motifs is 1. The number of aromatic nitrogens is 1. The highest BCUT2D eigenvalue weighted by atomic mass is 16.5. The first-order chi connectivity index (χ1) is 16.1. The van der Waals surface area contributed by atoms with Gasteiger partial charge in [-0.15, -0.1) is 0 Å². The molecular weight excluding hydrogens is 409 g/mol. The molecule has 0 fully saturated rings. The van der Waals surface area contributed by atoms with Gasteiger partial charge in [0, 0.05) is 17.9 Å². The average molecular weight is 439 g/mol. The van der Waals surface area contributed by atoms with Crippen LogP contribution in [0.25, 0.3) is 22.4 Å². The van der Waals surface area contributed by atoms with E-state index in [0.29, 0.717) is 12.7 Å². The number of hydrogen-bond donors (Lipinski definition) is 2. The summed E-state index contributed by atoms with van der Waals surface area (Å²) >= 11 is 0. The number of phenolic OH excluding ortho intramolecular Hbond substituents is 1. The minimum Gasteiger partial charge on any atom is -0.507 e. The number of phenols is 1. The summed E-state index contributed by atoms with van der Waals surface area (Å²) in [5.41, 5.74) is 5.21. The quantitative estimate of drug-likeness (QED) is 0.398. The molecule has 1 aliphatic rings. The lowest BCUT2D eigenvalue weighted by molar-refractivity contribution is 0.184. The predicted molar refractivity (Wildman–Crippen MR) is 137 cm³/mol. The predicted octanol–water partition coefficient (Wildman–Crippen LogP) is 6.42. The van der Waals surface area contributed by atoms with E-state index in [1.54, 1.807) is 12.3 Å². The molecule has 2 heterocycles. The van der Waals surface area contributed by atoms with E-state index in [9.17, 15) is 10.1 Å². The number of pyridine rings is 1. The Hall–Kier alpha value is -3.15. The third-order valence-corrected chi connectivity index (χ3v) is 6.10. The Morgan fingerprint density at radius 1 is 1.12 bits per heavy atom. The molecular formula is C28H30BNO3. The van der Waals surface area contributed by atoms with Crippen LogP contribution in [0, 0.1) is 0 Å². The zero-order valence-electron chi connectivity index (χ0n) is 19.1. The van der Waals surface area contributed by atoms with Crippen LogP contribution in [-0.4, -0.2) is 28.3 Å². The fraction of sp³-hybridized carbons (Fsp3) is 0.250. The molecule has 3 aromatic rings. The summed E-state index contributed by atoms with van der Waals surface area (Å²) in [4.78, 5) is 4.60. The number of aromatic hydroxyl groups is 1. The highest BCUT2D eigenvalue weighted by Crippen LogP contribution is 2.33.